The third-order valence-electron chi connectivity index (χ3n) is 2.96. The van der Waals surface area contributed by atoms with Gasteiger partial charge in [-0.05, 0) is 48.8 Å². The maximum absolute atomic E-state index is 12.2. The molecule has 0 unspecified atom stereocenters. The van der Waals surface area contributed by atoms with Crippen LogP contribution in [0.2, 0.25) is 5.02 Å². The number of anilines is 1. The van der Waals surface area contributed by atoms with E-state index in [1.807, 2.05) is 6.92 Å². The van der Waals surface area contributed by atoms with Crippen LogP contribution in [0.15, 0.2) is 42.5 Å². The quantitative estimate of drug-likeness (QED) is 0.733. The van der Waals surface area contributed by atoms with E-state index >= 15 is 0 Å². The highest BCUT2D eigenvalue weighted by Gasteiger charge is 2.16. The lowest BCUT2D eigenvalue weighted by atomic mass is 9.80. The molecule has 0 heterocycles. The topological polar surface area (TPSA) is 78.8 Å². The number of benzene rings is 2. The molecular weight excluding hydrogens is 304 g/mol. The third-order valence-corrected chi connectivity index (χ3v) is 3.27. The normalized spacial score (nSPS) is 10.2. The molecule has 0 fully saturated rings. The maximum Gasteiger partial charge on any atom is 0.488 e. The first-order valence-electron chi connectivity index (χ1n) is 6.71. The summed E-state index contributed by atoms with van der Waals surface area (Å²) in [5.41, 5.74) is 1.08. The molecule has 7 heteroatoms. The Bertz CT molecular complexity index is 661. The standard InChI is InChI=1S/C15H15BClNO4/c1-2-22-12-6-4-11(5-7-12)18-15(19)13-8-3-10(16(20)21)9-14(13)17/h3-9,20-21H,2H2,1H3,(H,18,19). The Morgan fingerprint density at radius 2 is 1.91 bits per heavy atom. The molecule has 0 atom stereocenters. The van der Waals surface area contributed by atoms with E-state index in [1.54, 1.807) is 24.3 Å². The second-order valence-electron chi connectivity index (χ2n) is 4.52. The second-order valence-corrected chi connectivity index (χ2v) is 4.93. The average molecular weight is 320 g/mol. The molecule has 22 heavy (non-hydrogen) atoms. The summed E-state index contributed by atoms with van der Waals surface area (Å²) in [5, 5.41) is 21.0. The van der Waals surface area contributed by atoms with Gasteiger partial charge in [0.2, 0.25) is 0 Å². The molecule has 5 nitrogen and oxygen atoms in total. The zero-order chi connectivity index (χ0) is 16.1. The van der Waals surface area contributed by atoms with Crippen LogP contribution in [-0.4, -0.2) is 29.7 Å². The van der Waals surface area contributed by atoms with Crippen molar-refractivity contribution in [3.8, 4) is 5.75 Å². The predicted molar refractivity (Wildman–Crippen MR) is 86.8 cm³/mol. The van der Waals surface area contributed by atoms with Gasteiger partial charge < -0.3 is 20.1 Å². The number of nitrogens with one attached hydrogen (secondary N) is 1. The van der Waals surface area contributed by atoms with Crippen molar-refractivity contribution >= 4 is 35.8 Å². The molecule has 3 N–H and O–H groups in total. The van der Waals surface area contributed by atoms with Gasteiger partial charge in [0, 0.05) is 5.69 Å². The number of hydrogen-bond donors (Lipinski definition) is 3. The molecule has 0 bridgehead atoms. The molecule has 0 aromatic heterocycles. The molecule has 0 saturated carbocycles. The summed E-state index contributed by atoms with van der Waals surface area (Å²) in [6.07, 6.45) is 0. The summed E-state index contributed by atoms with van der Waals surface area (Å²) in [5.74, 6) is 0.341. The molecule has 1 amide bonds. The van der Waals surface area contributed by atoms with Gasteiger partial charge in [0.05, 0.1) is 17.2 Å². The van der Waals surface area contributed by atoms with Gasteiger partial charge in [-0.1, -0.05) is 17.7 Å². The van der Waals surface area contributed by atoms with Crippen LogP contribution in [0.1, 0.15) is 17.3 Å². The van der Waals surface area contributed by atoms with Crippen LogP contribution in [0.5, 0.6) is 5.75 Å². The van der Waals surface area contributed by atoms with Crippen molar-refractivity contribution in [2.45, 2.75) is 6.92 Å². The highest BCUT2D eigenvalue weighted by Crippen LogP contribution is 2.19. The molecule has 2 rings (SSSR count). The Balaban J connectivity index is 2.11. The minimum absolute atomic E-state index is 0.147. The number of ether oxygens (including phenoxy) is 1. The van der Waals surface area contributed by atoms with Crippen molar-refractivity contribution in [3.63, 3.8) is 0 Å². The van der Waals surface area contributed by atoms with Crippen LogP contribution in [0.25, 0.3) is 0 Å². The summed E-state index contributed by atoms with van der Waals surface area (Å²) in [7, 11) is -1.62. The van der Waals surface area contributed by atoms with Crippen LogP contribution >= 0.6 is 11.6 Å². The molecule has 0 aliphatic carbocycles. The molecule has 114 valence electrons. The van der Waals surface area contributed by atoms with E-state index in [2.05, 4.69) is 5.32 Å². The minimum atomic E-state index is -1.62. The molecule has 0 spiro atoms. The Hall–Kier alpha value is -2.02. The maximum atomic E-state index is 12.2. The summed E-state index contributed by atoms with van der Waals surface area (Å²) >= 11 is 6.00. The molecule has 2 aromatic carbocycles. The van der Waals surface area contributed by atoms with Gasteiger partial charge in [0.1, 0.15) is 5.75 Å². The lowest BCUT2D eigenvalue weighted by Gasteiger charge is -2.09. The molecule has 0 aliphatic heterocycles. The summed E-state index contributed by atoms with van der Waals surface area (Å²) in [4.78, 5) is 12.2. The zero-order valence-corrected chi connectivity index (χ0v) is 12.7. The van der Waals surface area contributed by atoms with Gasteiger partial charge in [0.15, 0.2) is 0 Å². The fourth-order valence-corrected chi connectivity index (χ4v) is 2.15. The predicted octanol–water partition coefficient (Wildman–Crippen LogP) is 1.67. The van der Waals surface area contributed by atoms with Gasteiger partial charge in [-0.3, -0.25) is 4.79 Å². The number of carbonyl (C=O) groups excluding carboxylic acids is 1. The molecular formula is C15H15BClNO4. The molecule has 2 aromatic rings. The SMILES string of the molecule is CCOc1ccc(NC(=O)c2ccc(B(O)O)cc2Cl)cc1. The Kier molecular flexibility index (Phi) is 5.43. The van der Waals surface area contributed by atoms with E-state index in [0.717, 1.165) is 5.75 Å². The van der Waals surface area contributed by atoms with Crippen LogP contribution in [0.4, 0.5) is 5.69 Å². The highest BCUT2D eigenvalue weighted by atomic mass is 35.5. The van der Waals surface area contributed by atoms with Gasteiger partial charge in [-0.2, -0.15) is 0 Å². The minimum Gasteiger partial charge on any atom is -0.494 e. The van der Waals surface area contributed by atoms with E-state index in [1.165, 1.54) is 18.2 Å². The fourth-order valence-electron chi connectivity index (χ4n) is 1.88. The highest BCUT2D eigenvalue weighted by molar-refractivity contribution is 6.59. The van der Waals surface area contributed by atoms with Gasteiger partial charge in [0.25, 0.3) is 5.91 Å². The zero-order valence-electron chi connectivity index (χ0n) is 11.9. The molecule has 0 saturated heterocycles. The fraction of sp³-hybridized carbons (Fsp3) is 0.133. The summed E-state index contributed by atoms with van der Waals surface area (Å²) < 4.78 is 5.32. The van der Waals surface area contributed by atoms with Crippen molar-refractivity contribution in [1.82, 2.24) is 0 Å². The lowest BCUT2D eigenvalue weighted by Crippen LogP contribution is -2.30. The smallest absolute Gasteiger partial charge is 0.488 e. The number of carbonyl (C=O) groups is 1. The van der Waals surface area contributed by atoms with E-state index in [9.17, 15) is 4.79 Å². The van der Waals surface area contributed by atoms with Crippen molar-refractivity contribution in [2.75, 3.05) is 11.9 Å². The van der Waals surface area contributed by atoms with Crippen molar-refractivity contribution in [1.29, 1.82) is 0 Å². The summed E-state index contributed by atoms with van der Waals surface area (Å²) in [6, 6.07) is 11.2. The van der Waals surface area contributed by atoms with E-state index in [4.69, 9.17) is 26.4 Å². The number of halogens is 1. The molecule has 0 radical (unpaired) electrons. The van der Waals surface area contributed by atoms with E-state index in [-0.39, 0.29) is 22.0 Å². The first kappa shape index (κ1) is 16.4. The average Bonchev–Trinajstić information content (AvgIpc) is 2.49. The van der Waals surface area contributed by atoms with E-state index < -0.39 is 7.12 Å². The number of hydrogen-bond acceptors (Lipinski definition) is 4. The first-order chi connectivity index (χ1) is 10.5. The second kappa shape index (κ2) is 7.31. The van der Waals surface area contributed by atoms with Crippen LogP contribution < -0.4 is 15.5 Å². The van der Waals surface area contributed by atoms with Crippen molar-refractivity contribution in [3.05, 3.63) is 53.1 Å². The largest absolute Gasteiger partial charge is 0.494 e. The summed E-state index contributed by atoms with van der Waals surface area (Å²) in [6.45, 7) is 2.47. The van der Waals surface area contributed by atoms with Gasteiger partial charge in [-0.15, -0.1) is 0 Å². The number of amides is 1. The van der Waals surface area contributed by atoms with Crippen molar-refractivity contribution < 1.29 is 19.6 Å². The first-order valence-corrected chi connectivity index (χ1v) is 7.09. The van der Waals surface area contributed by atoms with Gasteiger partial charge in [-0.25, -0.2) is 0 Å². The van der Waals surface area contributed by atoms with Gasteiger partial charge >= 0.3 is 7.12 Å². The van der Waals surface area contributed by atoms with E-state index in [0.29, 0.717) is 12.3 Å². The Morgan fingerprint density at radius 1 is 1.23 bits per heavy atom. The number of rotatable bonds is 5. The van der Waals surface area contributed by atoms with Crippen LogP contribution in [0.3, 0.4) is 0 Å². The Morgan fingerprint density at radius 3 is 2.45 bits per heavy atom. The third kappa shape index (κ3) is 4.01. The van der Waals surface area contributed by atoms with Crippen LogP contribution in [-0.2, 0) is 0 Å². The Labute approximate surface area is 133 Å². The van der Waals surface area contributed by atoms with Crippen LogP contribution in [0, 0.1) is 0 Å². The van der Waals surface area contributed by atoms with Crippen molar-refractivity contribution in [2.24, 2.45) is 0 Å². The monoisotopic (exact) mass is 319 g/mol. The molecule has 0 aliphatic rings. The lowest BCUT2D eigenvalue weighted by molar-refractivity contribution is 0.102.